The molecular weight excluding hydrogens is 390 g/mol. The van der Waals surface area contributed by atoms with Gasteiger partial charge in [0.05, 0.1) is 0 Å². The van der Waals surface area contributed by atoms with Crippen LogP contribution in [0.4, 0.5) is 4.79 Å². The summed E-state index contributed by atoms with van der Waals surface area (Å²) < 4.78 is 5.59. The van der Waals surface area contributed by atoms with Crippen molar-refractivity contribution in [1.29, 1.82) is 0 Å². The summed E-state index contributed by atoms with van der Waals surface area (Å²) in [5, 5.41) is 0. The highest BCUT2D eigenvalue weighted by Gasteiger charge is 2.43. The Morgan fingerprint density at radius 3 is 2.32 bits per heavy atom. The number of ether oxygens (including phenoxy) is 1. The molecule has 2 saturated heterocycles. The number of hydrogen-bond donors (Lipinski definition) is 0. The first-order valence-corrected chi connectivity index (χ1v) is 12.1. The molecule has 1 spiro atoms. The molecule has 5 rings (SSSR count). The third kappa shape index (κ3) is 4.07. The van der Waals surface area contributed by atoms with Crippen LogP contribution >= 0.6 is 0 Å². The summed E-state index contributed by atoms with van der Waals surface area (Å²) in [5.74, 6) is 0.178. The number of piperidine rings is 2. The zero-order valence-electron chi connectivity index (χ0n) is 18.7. The summed E-state index contributed by atoms with van der Waals surface area (Å²) in [6.07, 6.45) is 7.55. The minimum absolute atomic E-state index is 0.0876. The monoisotopic (exact) mass is 425 g/mol. The molecule has 1 aromatic carbocycles. The highest BCUT2D eigenvalue weighted by atomic mass is 16.6. The highest BCUT2D eigenvalue weighted by Crippen LogP contribution is 2.42. The van der Waals surface area contributed by atoms with Gasteiger partial charge in [0.2, 0.25) is 5.91 Å². The van der Waals surface area contributed by atoms with Crippen molar-refractivity contribution in [3.05, 3.63) is 35.4 Å². The van der Waals surface area contributed by atoms with E-state index in [0.29, 0.717) is 6.04 Å². The Kier molecular flexibility index (Phi) is 5.67. The first kappa shape index (κ1) is 20.8. The zero-order chi connectivity index (χ0) is 21.4. The van der Waals surface area contributed by atoms with E-state index in [-0.39, 0.29) is 23.5 Å². The average Bonchev–Trinajstić information content (AvgIpc) is 2.77. The molecule has 1 aromatic rings. The molecule has 3 heterocycles. The highest BCUT2D eigenvalue weighted by molar-refractivity contribution is 5.74. The summed E-state index contributed by atoms with van der Waals surface area (Å²) in [6.45, 7) is 7.03. The van der Waals surface area contributed by atoms with Gasteiger partial charge >= 0.3 is 6.09 Å². The topological polar surface area (TPSA) is 53.1 Å². The lowest BCUT2D eigenvalue weighted by Gasteiger charge is -2.50. The van der Waals surface area contributed by atoms with E-state index in [1.54, 1.807) is 6.92 Å². The zero-order valence-corrected chi connectivity index (χ0v) is 18.7. The van der Waals surface area contributed by atoms with E-state index in [4.69, 9.17) is 4.74 Å². The first-order valence-electron chi connectivity index (χ1n) is 12.1. The molecule has 0 N–H and O–H groups in total. The fourth-order valence-corrected chi connectivity index (χ4v) is 5.97. The first-order chi connectivity index (χ1) is 15.0. The molecular formula is C25H35N3O3. The Balaban J connectivity index is 1.19. The molecule has 168 valence electrons. The number of carbonyl (C=O) groups is 2. The summed E-state index contributed by atoms with van der Waals surface area (Å²) in [5.41, 5.74) is 2.86. The molecule has 0 radical (unpaired) electrons. The maximum Gasteiger partial charge on any atom is 0.410 e. The van der Waals surface area contributed by atoms with E-state index >= 15 is 0 Å². The largest absolute Gasteiger partial charge is 0.446 e. The number of rotatable bonds is 2. The second-order valence-electron chi connectivity index (χ2n) is 10.0. The van der Waals surface area contributed by atoms with Gasteiger partial charge in [-0.1, -0.05) is 24.3 Å². The molecule has 2 amide bonds. The van der Waals surface area contributed by atoms with E-state index in [2.05, 4.69) is 29.2 Å². The lowest BCUT2D eigenvalue weighted by atomic mass is 9.68. The van der Waals surface area contributed by atoms with Gasteiger partial charge in [-0.2, -0.15) is 0 Å². The van der Waals surface area contributed by atoms with Gasteiger partial charge in [0.25, 0.3) is 0 Å². The lowest BCUT2D eigenvalue weighted by Crippen LogP contribution is -2.56. The minimum atomic E-state index is -0.108. The SMILES string of the molecule is CC(=O)N1Cc2ccccc2C2(CCN(C3CCN(C(=O)OC4CCC4)CC3)CC2)C1. The number of amides is 2. The van der Waals surface area contributed by atoms with Crippen molar-refractivity contribution in [2.75, 3.05) is 32.7 Å². The van der Waals surface area contributed by atoms with Crippen LogP contribution in [0.5, 0.6) is 0 Å². The van der Waals surface area contributed by atoms with Crippen molar-refractivity contribution < 1.29 is 14.3 Å². The van der Waals surface area contributed by atoms with Gasteiger partial charge in [-0.25, -0.2) is 4.79 Å². The van der Waals surface area contributed by atoms with Crippen molar-refractivity contribution >= 4 is 12.0 Å². The minimum Gasteiger partial charge on any atom is -0.446 e. The van der Waals surface area contributed by atoms with E-state index < -0.39 is 0 Å². The van der Waals surface area contributed by atoms with Crippen molar-refractivity contribution in [2.45, 2.75) is 76.0 Å². The molecule has 6 heteroatoms. The number of likely N-dealkylation sites (tertiary alicyclic amines) is 2. The lowest BCUT2D eigenvalue weighted by molar-refractivity contribution is -0.131. The normalized spacial score (nSPS) is 24.5. The van der Waals surface area contributed by atoms with Gasteiger partial charge in [-0.05, 0) is 69.2 Å². The summed E-state index contributed by atoms with van der Waals surface area (Å²) in [7, 11) is 0. The number of carbonyl (C=O) groups excluding carboxylic acids is 2. The molecule has 1 aliphatic carbocycles. The standard InChI is InChI=1S/C25H35N3O3/c1-19(29)28-17-20-5-2-3-8-23(20)25(18-28)11-15-26(16-12-25)21-9-13-27(14-10-21)24(30)31-22-6-4-7-22/h2-3,5,8,21-22H,4,6-7,9-18H2,1H3. The van der Waals surface area contributed by atoms with Crippen LogP contribution in [0.1, 0.15) is 63.0 Å². The van der Waals surface area contributed by atoms with Gasteiger partial charge in [-0.3, -0.25) is 4.79 Å². The molecule has 4 aliphatic rings. The number of benzene rings is 1. The Bertz CT molecular complexity index is 821. The second kappa shape index (κ2) is 8.45. The number of nitrogens with zero attached hydrogens (tertiary/aromatic N) is 3. The van der Waals surface area contributed by atoms with Gasteiger partial charge in [0.15, 0.2) is 0 Å². The third-order valence-electron chi connectivity index (χ3n) is 8.20. The van der Waals surface area contributed by atoms with Crippen molar-refractivity contribution in [1.82, 2.24) is 14.7 Å². The van der Waals surface area contributed by atoms with Crippen LogP contribution in [0.2, 0.25) is 0 Å². The molecule has 0 aromatic heterocycles. The van der Waals surface area contributed by atoms with Crippen LogP contribution in [0.15, 0.2) is 24.3 Å². The quantitative estimate of drug-likeness (QED) is 0.727. The van der Waals surface area contributed by atoms with Crippen LogP contribution in [-0.2, 0) is 21.5 Å². The Hall–Kier alpha value is -2.08. The summed E-state index contributed by atoms with van der Waals surface area (Å²) >= 11 is 0. The van der Waals surface area contributed by atoms with Crippen LogP contribution in [0.25, 0.3) is 0 Å². The average molecular weight is 426 g/mol. The third-order valence-corrected chi connectivity index (χ3v) is 8.20. The molecule has 3 fully saturated rings. The van der Waals surface area contributed by atoms with Crippen LogP contribution in [0.3, 0.4) is 0 Å². The van der Waals surface area contributed by atoms with Crippen LogP contribution in [0, 0.1) is 0 Å². The predicted octanol–water partition coefficient (Wildman–Crippen LogP) is 3.54. The number of fused-ring (bicyclic) bond motifs is 2. The Labute approximate surface area is 185 Å². The van der Waals surface area contributed by atoms with E-state index in [1.165, 1.54) is 17.5 Å². The molecule has 3 aliphatic heterocycles. The van der Waals surface area contributed by atoms with E-state index in [0.717, 1.165) is 77.8 Å². The molecule has 0 bridgehead atoms. The maximum absolute atomic E-state index is 12.3. The predicted molar refractivity (Wildman–Crippen MR) is 119 cm³/mol. The second-order valence-corrected chi connectivity index (χ2v) is 10.0. The van der Waals surface area contributed by atoms with E-state index in [1.807, 2.05) is 9.80 Å². The van der Waals surface area contributed by atoms with E-state index in [9.17, 15) is 9.59 Å². The van der Waals surface area contributed by atoms with Gasteiger partial charge in [-0.15, -0.1) is 0 Å². The number of hydrogen-bond acceptors (Lipinski definition) is 4. The van der Waals surface area contributed by atoms with Crippen molar-refractivity contribution in [2.24, 2.45) is 0 Å². The van der Waals surface area contributed by atoms with Crippen LogP contribution in [-0.4, -0.2) is 71.6 Å². The maximum atomic E-state index is 12.3. The van der Waals surface area contributed by atoms with Gasteiger partial charge in [0.1, 0.15) is 6.10 Å². The Morgan fingerprint density at radius 2 is 1.68 bits per heavy atom. The molecule has 1 saturated carbocycles. The molecule has 31 heavy (non-hydrogen) atoms. The smallest absolute Gasteiger partial charge is 0.410 e. The fraction of sp³-hybridized carbons (Fsp3) is 0.680. The fourth-order valence-electron chi connectivity index (χ4n) is 5.97. The molecule has 6 nitrogen and oxygen atoms in total. The molecule has 0 unspecified atom stereocenters. The Morgan fingerprint density at radius 1 is 0.968 bits per heavy atom. The van der Waals surface area contributed by atoms with Gasteiger partial charge < -0.3 is 19.4 Å². The summed E-state index contributed by atoms with van der Waals surface area (Å²) in [6, 6.07) is 9.27. The van der Waals surface area contributed by atoms with Gasteiger partial charge in [0, 0.05) is 44.6 Å². The van der Waals surface area contributed by atoms with Crippen molar-refractivity contribution in [3.8, 4) is 0 Å². The summed E-state index contributed by atoms with van der Waals surface area (Å²) in [4.78, 5) is 31.1. The molecule has 0 atom stereocenters. The van der Waals surface area contributed by atoms with Crippen molar-refractivity contribution in [3.63, 3.8) is 0 Å². The van der Waals surface area contributed by atoms with Crippen LogP contribution < -0.4 is 0 Å².